The molecular weight excluding hydrogens is 438 g/mol. The molecule has 8 heteroatoms. The molecular formula is C25H23N3O4S. The number of carbonyl (C=O) groups is 1. The van der Waals surface area contributed by atoms with Gasteiger partial charge in [0.05, 0.1) is 12.0 Å². The van der Waals surface area contributed by atoms with E-state index >= 15 is 0 Å². The highest BCUT2D eigenvalue weighted by Gasteiger charge is 2.19. The number of nitrogens with two attached hydrogens (primary N) is 1. The van der Waals surface area contributed by atoms with Crippen LogP contribution >= 0.6 is 11.3 Å². The average Bonchev–Trinajstić information content (AvgIpc) is 3.28. The zero-order valence-electron chi connectivity index (χ0n) is 17.9. The number of carbonyl (C=O) groups excluding carboxylic acids is 1. The summed E-state index contributed by atoms with van der Waals surface area (Å²) in [5, 5.41) is 11.3. The van der Waals surface area contributed by atoms with E-state index in [0.29, 0.717) is 22.1 Å². The lowest BCUT2D eigenvalue weighted by Gasteiger charge is -2.20. The van der Waals surface area contributed by atoms with Gasteiger partial charge in [-0.15, -0.1) is 11.3 Å². The fourth-order valence-corrected chi connectivity index (χ4v) is 4.23. The monoisotopic (exact) mass is 461 g/mol. The summed E-state index contributed by atoms with van der Waals surface area (Å²) >= 11 is 1.43. The Morgan fingerprint density at radius 1 is 1.06 bits per heavy atom. The summed E-state index contributed by atoms with van der Waals surface area (Å²) in [5.41, 5.74) is 7.10. The standard InChI is InChI=1S/C25H23N3O4S/c1-30-18-10-5-9-17(13-18)28-25(29)31-15-21(16-7-3-2-4-8-16)32-20-11-6-12-22-19(20)14-23(33-22)24(26)27/h2-14,21H,15H2,1H3,(H3,26,27)(H,28,29). The number of ether oxygens (including phenoxy) is 3. The number of amides is 1. The van der Waals surface area contributed by atoms with Crippen molar-refractivity contribution in [3.63, 3.8) is 0 Å². The van der Waals surface area contributed by atoms with Gasteiger partial charge in [-0.25, -0.2) is 4.79 Å². The average molecular weight is 462 g/mol. The number of anilines is 1. The number of thiophene rings is 1. The maximum atomic E-state index is 12.4. The minimum absolute atomic E-state index is 0.0000939. The lowest BCUT2D eigenvalue weighted by molar-refractivity contribution is 0.0910. The van der Waals surface area contributed by atoms with Gasteiger partial charge >= 0.3 is 6.09 Å². The molecule has 1 heterocycles. The lowest BCUT2D eigenvalue weighted by atomic mass is 10.1. The fourth-order valence-electron chi connectivity index (χ4n) is 3.30. The van der Waals surface area contributed by atoms with E-state index in [4.69, 9.17) is 25.4 Å². The van der Waals surface area contributed by atoms with Crippen LogP contribution in [0.25, 0.3) is 10.1 Å². The highest BCUT2D eigenvalue weighted by Crippen LogP contribution is 2.35. The van der Waals surface area contributed by atoms with E-state index in [1.54, 1.807) is 31.4 Å². The highest BCUT2D eigenvalue weighted by atomic mass is 32.1. The maximum absolute atomic E-state index is 12.4. The number of nitrogens with one attached hydrogen (secondary N) is 2. The Bertz CT molecular complexity index is 1270. The Balaban J connectivity index is 1.52. The molecule has 0 aliphatic rings. The zero-order chi connectivity index (χ0) is 23.2. The summed E-state index contributed by atoms with van der Waals surface area (Å²) in [6, 6.07) is 24.1. The third-order valence-corrected chi connectivity index (χ3v) is 6.04. The first-order valence-corrected chi connectivity index (χ1v) is 11.0. The SMILES string of the molecule is COc1cccc(NC(=O)OCC(Oc2cccc3sc(C(=N)N)cc23)c2ccccc2)c1. The summed E-state index contributed by atoms with van der Waals surface area (Å²) in [6.45, 7) is -0.0000939. The van der Waals surface area contributed by atoms with Crippen molar-refractivity contribution in [1.82, 2.24) is 0 Å². The minimum atomic E-state index is -0.597. The number of amidine groups is 1. The van der Waals surface area contributed by atoms with Crippen LogP contribution in [0.3, 0.4) is 0 Å². The predicted molar refractivity (Wildman–Crippen MR) is 131 cm³/mol. The van der Waals surface area contributed by atoms with Gasteiger partial charge in [0, 0.05) is 21.8 Å². The predicted octanol–water partition coefficient (Wildman–Crippen LogP) is 5.56. The van der Waals surface area contributed by atoms with Gasteiger partial charge in [0.25, 0.3) is 0 Å². The fraction of sp³-hybridized carbons (Fsp3) is 0.120. The molecule has 1 unspecified atom stereocenters. The first kappa shape index (κ1) is 22.2. The van der Waals surface area contributed by atoms with Gasteiger partial charge in [0.1, 0.15) is 23.9 Å². The van der Waals surface area contributed by atoms with E-state index in [1.165, 1.54) is 11.3 Å². The molecule has 0 bridgehead atoms. The number of benzene rings is 3. The van der Waals surface area contributed by atoms with Gasteiger partial charge in [0.2, 0.25) is 0 Å². The summed E-state index contributed by atoms with van der Waals surface area (Å²) in [5.74, 6) is 1.27. The van der Waals surface area contributed by atoms with Crippen molar-refractivity contribution >= 4 is 39.0 Å². The van der Waals surface area contributed by atoms with Crippen molar-refractivity contribution in [3.05, 3.63) is 89.3 Å². The number of rotatable bonds is 8. The van der Waals surface area contributed by atoms with Crippen molar-refractivity contribution in [2.75, 3.05) is 19.0 Å². The van der Waals surface area contributed by atoms with E-state index in [1.807, 2.05) is 54.6 Å². The third kappa shape index (κ3) is 5.42. The maximum Gasteiger partial charge on any atom is 0.411 e. The van der Waals surface area contributed by atoms with E-state index in [-0.39, 0.29) is 12.4 Å². The second kappa shape index (κ2) is 10.1. The van der Waals surface area contributed by atoms with Crippen molar-refractivity contribution in [1.29, 1.82) is 5.41 Å². The first-order valence-electron chi connectivity index (χ1n) is 10.2. The second-order valence-corrected chi connectivity index (χ2v) is 8.25. The summed E-state index contributed by atoms with van der Waals surface area (Å²) in [7, 11) is 1.56. The molecule has 4 N–H and O–H groups in total. The van der Waals surface area contributed by atoms with E-state index in [2.05, 4.69) is 5.32 Å². The third-order valence-electron chi connectivity index (χ3n) is 4.91. The molecule has 3 aromatic carbocycles. The van der Waals surface area contributed by atoms with E-state index in [9.17, 15) is 4.79 Å². The molecule has 0 spiro atoms. The zero-order valence-corrected chi connectivity index (χ0v) is 18.7. The number of methoxy groups -OCH3 is 1. The smallest absolute Gasteiger partial charge is 0.411 e. The van der Waals surface area contributed by atoms with Crippen molar-refractivity contribution in [2.24, 2.45) is 5.73 Å². The molecule has 0 aliphatic carbocycles. The molecule has 7 nitrogen and oxygen atoms in total. The molecule has 0 saturated carbocycles. The van der Waals surface area contributed by atoms with Gasteiger partial charge in [-0.3, -0.25) is 10.7 Å². The van der Waals surface area contributed by atoms with Crippen LogP contribution in [0, 0.1) is 5.41 Å². The molecule has 1 amide bonds. The van der Waals surface area contributed by atoms with Crippen LogP contribution in [0.1, 0.15) is 16.5 Å². The summed E-state index contributed by atoms with van der Waals surface area (Å²) in [4.78, 5) is 13.1. The Labute approximate surface area is 195 Å². The molecule has 33 heavy (non-hydrogen) atoms. The van der Waals surface area contributed by atoms with Crippen LogP contribution in [0.2, 0.25) is 0 Å². The quantitative estimate of drug-likeness (QED) is 0.235. The Hall–Kier alpha value is -4.04. The van der Waals surface area contributed by atoms with Crippen molar-refractivity contribution in [3.8, 4) is 11.5 Å². The molecule has 168 valence electrons. The van der Waals surface area contributed by atoms with Crippen LogP contribution in [-0.2, 0) is 4.74 Å². The van der Waals surface area contributed by atoms with Gasteiger partial charge in [-0.1, -0.05) is 42.5 Å². The van der Waals surface area contributed by atoms with E-state index in [0.717, 1.165) is 15.6 Å². The minimum Gasteiger partial charge on any atom is -0.497 e. The molecule has 4 rings (SSSR count). The first-order chi connectivity index (χ1) is 16.0. The molecule has 1 aromatic heterocycles. The Morgan fingerprint density at radius 2 is 1.85 bits per heavy atom. The lowest BCUT2D eigenvalue weighted by Crippen LogP contribution is -2.21. The van der Waals surface area contributed by atoms with Gasteiger partial charge in [0.15, 0.2) is 6.10 Å². The van der Waals surface area contributed by atoms with E-state index < -0.39 is 12.2 Å². The normalized spacial score (nSPS) is 11.5. The molecule has 0 aliphatic heterocycles. The second-order valence-electron chi connectivity index (χ2n) is 7.16. The van der Waals surface area contributed by atoms with Crippen LogP contribution in [0.4, 0.5) is 10.5 Å². The summed E-state index contributed by atoms with van der Waals surface area (Å²) < 4.78 is 17.9. The molecule has 0 saturated heterocycles. The Morgan fingerprint density at radius 3 is 2.61 bits per heavy atom. The van der Waals surface area contributed by atoms with Crippen LogP contribution in [0.5, 0.6) is 11.5 Å². The van der Waals surface area contributed by atoms with Gasteiger partial charge in [-0.2, -0.15) is 0 Å². The van der Waals surface area contributed by atoms with Crippen LogP contribution in [0.15, 0.2) is 78.9 Å². The molecule has 4 aromatic rings. The molecule has 0 radical (unpaired) electrons. The number of fused-ring (bicyclic) bond motifs is 1. The topological polar surface area (TPSA) is 107 Å². The number of hydrogen-bond donors (Lipinski definition) is 3. The largest absolute Gasteiger partial charge is 0.497 e. The number of nitrogen functional groups attached to an aromatic ring is 1. The van der Waals surface area contributed by atoms with Crippen LogP contribution < -0.4 is 20.5 Å². The van der Waals surface area contributed by atoms with Gasteiger partial charge in [-0.05, 0) is 35.9 Å². The summed E-state index contributed by atoms with van der Waals surface area (Å²) in [6.07, 6.45) is -1.13. The van der Waals surface area contributed by atoms with Crippen molar-refractivity contribution < 1.29 is 19.0 Å². The highest BCUT2D eigenvalue weighted by molar-refractivity contribution is 7.20. The van der Waals surface area contributed by atoms with Gasteiger partial charge < -0.3 is 19.9 Å². The molecule has 1 atom stereocenters. The number of hydrogen-bond acceptors (Lipinski definition) is 6. The van der Waals surface area contributed by atoms with Crippen LogP contribution in [-0.4, -0.2) is 25.6 Å². The van der Waals surface area contributed by atoms with Crippen molar-refractivity contribution in [2.45, 2.75) is 6.10 Å². The Kier molecular flexibility index (Phi) is 6.75. The molecule has 0 fully saturated rings.